The molecule has 1 aromatic carbocycles. The van der Waals surface area contributed by atoms with E-state index < -0.39 is 6.10 Å². The third-order valence-corrected chi connectivity index (χ3v) is 3.61. The first-order chi connectivity index (χ1) is 10.1. The van der Waals surface area contributed by atoms with Crippen LogP contribution in [0.5, 0.6) is 0 Å². The highest BCUT2D eigenvalue weighted by Crippen LogP contribution is 2.21. The largest absolute Gasteiger partial charge is 0.376 e. The first-order valence-electron chi connectivity index (χ1n) is 7.08. The summed E-state index contributed by atoms with van der Waals surface area (Å²) in [4.78, 5) is 14.2. The molecule has 0 saturated carbocycles. The van der Waals surface area contributed by atoms with Gasteiger partial charge < -0.3 is 14.4 Å². The van der Waals surface area contributed by atoms with Crippen molar-refractivity contribution in [2.75, 3.05) is 31.3 Å². The molecule has 1 aliphatic rings. The number of carbonyl (C=O) groups excluding carboxylic acids is 1. The van der Waals surface area contributed by atoms with Crippen LogP contribution in [0.25, 0.3) is 0 Å². The summed E-state index contributed by atoms with van der Waals surface area (Å²) >= 11 is 0. The Balaban J connectivity index is 2.22. The van der Waals surface area contributed by atoms with Crippen LogP contribution in [0.3, 0.4) is 0 Å². The second kappa shape index (κ2) is 7.21. The van der Waals surface area contributed by atoms with Gasteiger partial charge in [0.1, 0.15) is 0 Å². The molecule has 1 amide bonds. The predicted molar refractivity (Wildman–Crippen MR) is 79.1 cm³/mol. The maximum atomic E-state index is 12.6. The Morgan fingerprint density at radius 3 is 2.81 bits per heavy atom. The van der Waals surface area contributed by atoms with E-state index in [2.05, 4.69) is 6.07 Å². The van der Waals surface area contributed by atoms with E-state index in [-0.39, 0.29) is 18.9 Å². The Morgan fingerprint density at radius 1 is 1.38 bits per heavy atom. The number of hydrogen-bond acceptors (Lipinski definition) is 4. The summed E-state index contributed by atoms with van der Waals surface area (Å²) in [5.74, 6) is -0.145. The summed E-state index contributed by atoms with van der Waals surface area (Å²) in [5, 5.41) is 8.81. The normalized spacial score (nSPS) is 18.0. The van der Waals surface area contributed by atoms with E-state index in [9.17, 15) is 4.79 Å². The number of rotatable bonds is 4. The van der Waals surface area contributed by atoms with Gasteiger partial charge in [0, 0.05) is 12.2 Å². The summed E-state index contributed by atoms with van der Waals surface area (Å²) in [5.41, 5.74) is 3.08. The van der Waals surface area contributed by atoms with Crippen LogP contribution in [-0.2, 0) is 14.3 Å². The van der Waals surface area contributed by atoms with E-state index in [1.54, 1.807) is 4.90 Å². The monoisotopic (exact) mass is 288 g/mol. The van der Waals surface area contributed by atoms with Crippen molar-refractivity contribution in [2.45, 2.75) is 26.4 Å². The SMILES string of the molecule is Cc1ccc(N(CCC#N)C(=O)C2COCCO2)cc1C. The van der Waals surface area contributed by atoms with E-state index in [1.807, 2.05) is 32.0 Å². The molecule has 1 unspecified atom stereocenters. The van der Waals surface area contributed by atoms with Crippen LogP contribution < -0.4 is 4.90 Å². The molecule has 0 spiro atoms. The second-order valence-corrected chi connectivity index (χ2v) is 5.10. The highest BCUT2D eigenvalue weighted by atomic mass is 16.6. The van der Waals surface area contributed by atoms with Crippen LogP contribution in [0.2, 0.25) is 0 Å². The minimum absolute atomic E-state index is 0.145. The molecular formula is C16H20N2O3. The molecule has 5 heteroatoms. The van der Waals surface area contributed by atoms with Crippen molar-refractivity contribution in [1.82, 2.24) is 0 Å². The summed E-state index contributed by atoms with van der Waals surface area (Å²) in [7, 11) is 0. The Kier molecular flexibility index (Phi) is 5.32. The van der Waals surface area contributed by atoms with Gasteiger partial charge in [-0.2, -0.15) is 5.26 Å². The Bertz CT molecular complexity index is 545. The lowest BCUT2D eigenvalue weighted by molar-refractivity contribution is -0.144. The van der Waals surface area contributed by atoms with Crippen LogP contribution in [0, 0.1) is 25.2 Å². The Labute approximate surface area is 125 Å². The maximum absolute atomic E-state index is 12.6. The third-order valence-electron chi connectivity index (χ3n) is 3.61. The molecule has 5 nitrogen and oxygen atoms in total. The van der Waals surface area contributed by atoms with E-state index in [1.165, 1.54) is 5.56 Å². The van der Waals surface area contributed by atoms with Crippen molar-refractivity contribution in [3.8, 4) is 6.07 Å². The number of benzene rings is 1. The molecule has 21 heavy (non-hydrogen) atoms. The van der Waals surface area contributed by atoms with Gasteiger partial charge in [0.05, 0.1) is 32.3 Å². The Morgan fingerprint density at radius 2 is 2.19 bits per heavy atom. The van der Waals surface area contributed by atoms with Crippen molar-refractivity contribution in [3.63, 3.8) is 0 Å². The number of carbonyl (C=O) groups is 1. The number of aryl methyl sites for hydroxylation is 2. The first-order valence-corrected chi connectivity index (χ1v) is 7.08. The summed E-state index contributed by atoms with van der Waals surface area (Å²) in [6.45, 7) is 5.61. The van der Waals surface area contributed by atoms with Gasteiger partial charge in [0.2, 0.25) is 0 Å². The van der Waals surface area contributed by atoms with E-state index in [4.69, 9.17) is 14.7 Å². The Hall–Kier alpha value is -1.90. The summed E-state index contributed by atoms with van der Waals surface area (Å²) in [6, 6.07) is 7.94. The van der Waals surface area contributed by atoms with Gasteiger partial charge in [0.25, 0.3) is 5.91 Å². The fraction of sp³-hybridized carbons (Fsp3) is 0.500. The lowest BCUT2D eigenvalue weighted by atomic mass is 10.1. The molecule has 1 aliphatic heterocycles. The lowest BCUT2D eigenvalue weighted by Gasteiger charge is -2.29. The predicted octanol–water partition coefficient (Wildman–Crippen LogP) is 1.97. The zero-order chi connectivity index (χ0) is 15.2. The van der Waals surface area contributed by atoms with Gasteiger partial charge in [-0.3, -0.25) is 4.79 Å². The van der Waals surface area contributed by atoms with Gasteiger partial charge in [-0.05, 0) is 37.1 Å². The zero-order valence-corrected chi connectivity index (χ0v) is 12.5. The standard InChI is InChI=1S/C16H20N2O3/c1-12-4-5-14(10-13(12)2)18(7-3-6-17)16(19)15-11-20-8-9-21-15/h4-5,10,15H,3,7-9,11H2,1-2H3. The average molecular weight is 288 g/mol. The highest BCUT2D eigenvalue weighted by molar-refractivity contribution is 5.96. The van der Waals surface area contributed by atoms with Gasteiger partial charge in [0.15, 0.2) is 6.10 Å². The quantitative estimate of drug-likeness (QED) is 0.849. The lowest BCUT2D eigenvalue weighted by Crippen LogP contribution is -2.46. The summed E-state index contributed by atoms with van der Waals surface area (Å²) in [6.07, 6.45) is -0.300. The minimum atomic E-state index is -0.584. The zero-order valence-electron chi connectivity index (χ0n) is 12.5. The molecule has 1 fully saturated rings. The molecule has 0 aromatic heterocycles. The fourth-order valence-corrected chi connectivity index (χ4v) is 2.23. The minimum Gasteiger partial charge on any atom is -0.376 e. The average Bonchev–Trinajstić information content (AvgIpc) is 2.51. The molecule has 1 saturated heterocycles. The smallest absolute Gasteiger partial charge is 0.258 e. The number of hydrogen-bond donors (Lipinski definition) is 0. The molecule has 2 rings (SSSR count). The molecule has 1 aromatic rings. The van der Waals surface area contributed by atoms with Gasteiger partial charge in [-0.15, -0.1) is 0 Å². The number of ether oxygens (including phenoxy) is 2. The number of anilines is 1. The number of nitrogens with zero attached hydrogens (tertiary/aromatic N) is 2. The van der Waals surface area contributed by atoms with E-state index in [0.717, 1.165) is 11.3 Å². The molecule has 0 aliphatic carbocycles. The van der Waals surface area contributed by atoms with Crippen molar-refractivity contribution in [2.24, 2.45) is 0 Å². The molecule has 112 valence electrons. The van der Waals surface area contributed by atoms with Gasteiger partial charge in [-0.25, -0.2) is 0 Å². The molecule has 1 atom stereocenters. The number of nitriles is 1. The van der Waals surface area contributed by atoms with Crippen molar-refractivity contribution in [1.29, 1.82) is 5.26 Å². The first kappa shape index (κ1) is 15.5. The molecule has 0 bridgehead atoms. The summed E-state index contributed by atoms with van der Waals surface area (Å²) < 4.78 is 10.8. The van der Waals surface area contributed by atoms with Crippen LogP contribution in [0.1, 0.15) is 17.5 Å². The van der Waals surface area contributed by atoms with Crippen molar-refractivity contribution < 1.29 is 14.3 Å². The number of amides is 1. The maximum Gasteiger partial charge on any atom is 0.258 e. The van der Waals surface area contributed by atoms with Crippen LogP contribution in [-0.4, -0.2) is 38.4 Å². The topological polar surface area (TPSA) is 62.6 Å². The van der Waals surface area contributed by atoms with Crippen molar-refractivity contribution in [3.05, 3.63) is 29.3 Å². The van der Waals surface area contributed by atoms with Crippen LogP contribution in [0.4, 0.5) is 5.69 Å². The molecule has 0 radical (unpaired) electrons. The fourth-order valence-electron chi connectivity index (χ4n) is 2.23. The van der Waals surface area contributed by atoms with E-state index >= 15 is 0 Å². The molecular weight excluding hydrogens is 268 g/mol. The van der Waals surface area contributed by atoms with Gasteiger partial charge in [-0.1, -0.05) is 6.07 Å². The highest BCUT2D eigenvalue weighted by Gasteiger charge is 2.28. The van der Waals surface area contributed by atoms with E-state index in [0.29, 0.717) is 19.8 Å². The van der Waals surface area contributed by atoms with Crippen molar-refractivity contribution >= 4 is 11.6 Å². The van der Waals surface area contributed by atoms with Gasteiger partial charge >= 0.3 is 0 Å². The molecule has 1 heterocycles. The van der Waals surface area contributed by atoms with Crippen LogP contribution >= 0.6 is 0 Å². The third kappa shape index (κ3) is 3.81. The van der Waals surface area contributed by atoms with Crippen LogP contribution in [0.15, 0.2) is 18.2 Å². The molecule has 0 N–H and O–H groups in total. The second-order valence-electron chi connectivity index (χ2n) is 5.10.